The summed E-state index contributed by atoms with van der Waals surface area (Å²) in [5, 5.41) is 4.64. The van der Waals surface area contributed by atoms with Crippen molar-refractivity contribution in [2.75, 3.05) is 31.6 Å². The van der Waals surface area contributed by atoms with Crippen LogP contribution in [-0.4, -0.2) is 35.5 Å². The van der Waals surface area contributed by atoms with E-state index >= 15 is 0 Å². The Morgan fingerprint density at radius 2 is 1.77 bits per heavy atom. The second-order valence-electron chi connectivity index (χ2n) is 7.79. The quantitative estimate of drug-likeness (QED) is 0.296. The molecule has 30 heavy (non-hydrogen) atoms. The zero-order chi connectivity index (χ0) is 21.0. The Kier molecular flexibility index (Phi) is 9.45. The lowest BCUT2D eigenvalue weighted by atomic mass is 10.1. The summed E-state index contributed by atoms with van der Waals surface area (Å²) in [6.07, 6.45) is 5.96. The zero-order valence-electron chi connectivity index (χ0n) is 18.4. The molecule has 5 heteroatoms. The molecule has 0 radical (unpaired) electrons. The molecule has 0 spiro atoms. The first kappa shape index (κ1) is 22.6. The van der Waals surface area contributed by atoms with Gasteiger partial charge in [-0.15, -0.1) is 0 Å². The molecule has 3 aromatic rings. The largest absolute Gasteiger partial charge is 0.494 e. The lowest BCUT2D eigenvalue weighted by Crippen LogP contribution is -2.25. The monoisotopic (exact) mass is 425 g/mol. The minimum absolute atomic E-state index is 0.702. The van der Waals surface area contributed by atoms with E-state index in [0.717, 1.165) is 31.1 Å². The van der Waals surface area contributed by atoms with Crippen molar-refractivity contribution in [3.63, 3.8) is 0 Å². The minimum Gasteiger partial charge on any atom is -0.494 e. The Morgan fingerprint density at radius 3 is 2.57 bits per heavy atom. The normalized spacial score (nSPS) is 11.3. The number of ether oxygens (including phenoxy) is 1. The van der Waals surface area contributed by atoms with Crippen molar-refractivity contribution in [2.45, 2.75) is 52.5 Å². The average molecular weight is 426 g/mol. The molecule has 1 N–H and O–H groups in total. The van der Waals surface area contributed by atoms with Crippen LogP contribution in [0.2, 0.25) is 0 Å². The highest BCUT2D eigenvalue weighted by molar-refractivity contribution is 7.13. The number of benzene rings is 2. The first-order chi connectivity index (χ1) is 14.8. The second-order valence-corrected chi connectivity index (χ2v) is 8.59. The molecule has 1 heterocycles. The molecule has 3 rings (SSSR count). The maximum absolute atomic E-state index is 6.02. The van der Waals surface area contributed by atoms with Crippen LogP contribution in [0.1, 0.15) is 51.5 Å². The molecule has 0 fully saturated rings. The fraction of sp³-hybridized carbons (Fsp3) is 0.480. The van der Waals surface area contributed by atoms with E-state index in [1.54, 1.807) is 11.5 Å². The second kappa shape index (κ2) is 12.6. The Balaban J connectivity index is 1.43. The number of anilines is 1. The van der Waals surface area contributed by atoms with Crippen molar-refractivity contribution in [3.05, 3.63) is 54.1 Å². The van der Waals surface area contributed by atoms with Crippen molar-refractivity contribution in [2.24, 2.45) is 0 Å². The Hall–Kier alpha value is -2.11. The lowest BCUT2D eigenvalue weighted by molar-refractivity contribution is 0.256. The first-order valence-electron chi connectivity index (χ1n) is 11.3. The molecular weight excluding hydrogens is 390 g/mol. The van der Waals surface area contributed by atoms with Crippen LogP contribution >= 0.6 is 11.5 Å². The molecule has 0 aliphatic rings. The molecule has 0 aliphatic carbocycles. The lowest BCUT2D eigenvalue weighted by Gasteiger charge is -2.22. The average Bonchev–Trinajstić information content (AvgIpc) is 3.19. The summed E-state index contributed by atoms with van der Waals surface area (Å²) in [5.74, 6) is 1.95. The highest BCUT2D eigenvalue weighted by atomic mass is 32.1. The highest BCUT2D eigenvalue weighted by Gasteiger charge is 2.07. The smallest absolute Gasteiger partial charge is 0.147 e. The van der Waals surface area contributed by atoms with Crippen molar-refractivity contribution in [3.8, 4) is 5.75 Å². The first-order valence-corrected chi connectivity index (χ1v) is 12.1. The molecule has 0 saturated carbocycles. The topological polar surface area (TPSA) is 37.4 Å². The van der Waals surface area contributed by atoms with Crippen LogP contribution in [0.4, 0.5) is 5.82 Å². The van der Waals surface area contributed by atoms with Crippen molar-refractivity contribution in [1.29, 1.82) is 0 Å². The van der Waals surface area contributed by atoms with Gasteiger partial charge in [0.05, 0.1) is 11.3 Å². The maximum atomic E-state index is 6.02. The minimum atomic E-state index is 0.702. The van der Waals surface area contributed by atoms with Gasteiger partial charge in [0.15, 0.2) is 0 Å². The highest BCUT2D eigenvalue weighted by Crippen LogP contribution is 2.26. The third-order valence-electron chi connectivity index (χ3n) is 5.22. The Morgan fingerprint density at radius 1 is 0.967 bits per heavy atom. The number of aromatic nitrogens is 1. The summed E-state index contributed by atoms with van der Waals surface area (Å²) in [7, 11) is 0. The van der Waals surface area contributed by atoms with Crippen molar-refractivity contribution < 1.29 is 4.74 Å². The standard InChI is InChI=1S/C25H35N3OS/c1-3-5-16-28(17-6-4-2)20-21-11-9-12-22(19-21)29-18-10-15-26-25-23-13-7-8-14-24(23)30-27-25/h7-9,11-14,19H,3-6,10,15-18,20H2,1-2H3,(H,26,27). The van der Waals surface area contributed by atoms with Crippen LogP contribution < -0.4 is 10.1 Å². The van der Waals surface area contributed by atoms with Crippen LogP contribution in [0.15, 0.2) is 48.5 Å². The van der Waals surface area contributed by atoms with E-state index in [4.69, 9.17) is 4.74 Å². The number of nitrogens with zero attached hydrogens (tertiary/aromatic N) is 2. The zero-order valence-corrected chi connectivity index (χ0v) is 19.2. The van der Waals surface area contributed by atoms with Gasteiger partial charge in [-0.1, -0.05) is 51.0 Å². The van der Waals surface area contributed by atoms with Crippen LogP contribution in [0, 0.1) is 0 Å². The molecule has 0 amide bonds. The van der Waals surface area contributed by atoms with Gasteiger partial charge in [0.2, 0.25) is 0 Å². The molecule has 162 valence electrons. The molecule has 0 unspecified atom stereocenters. The van der Waals surface area contributed by atoms with E-state index in [2.05, 4.69) is 77.0 Å². The molecule has 0 aliphatic heterocycles. The molecule has 4 nitrogen and oxygen atoms in total. The van der Waals surface area contributed by atoms with Gasteiger partial charge >= 0.3 is 0 Å². The Bertz CT molecular complexity index is 871. The van der Waals surface area contributed by atoms with E-state index in [0.29, 0.717) is 6.61 Å². The summed E-state index contributed by atoms with van der Waals surface area (Å²) in [6, 6.07) is 16.9. The van der Waals surface area contributed by atoms with Crippen LogP contribution in [0.3, 0.4) is 0 Å². The van der Waals surface area contributed by atoms with Gasteiger partial charge < -0.3 is 10.1 Å². The van der Waals surface area contributed by atoms with Gasteiger partial charge in [-0.2, -0.15) is 4.37 Å². The van der Waals surface area contributed by atoms with Gasteiger partial charge in [0, 0.05) is 18.5 Å². The van der Waals surface area contributed by atoms with Crippen molar-refractivity contribution in [1.82, 2.24) is 9.27 Å². The van der Waals surface area contributed by atoms with Crippen LogP contribution in [0.25, 0.3) is 10.1 Å². The molecule has 2 aromatic carbocycles. The van der Waals surface area contributed by atoms with Crippen LogP contribution in [-0.2, 0) is 6.54 Å². The van der Waals surface area contributed by atoms with Gasteiger partial charge in [-0.25, -0.2) is 0 Å². The summed E-state index contributed by atoms with van der Waals surface area (Å²) >= 11 is 1.54. The van der Waals surface area contributed by atoms with Crippen LogP contribution in [0.5, 0.6) is 5.75 Å². The van der Waals surface area contributed by atoms with E-state index in [1.165, 1.54) is 54.4 Å². The predicted molar refractivity (Wildman–Crippen MR) is 130 cm³/mol. The SMILES string of the molecule is CCCCN(CCCC)Cc1cccc(OCCCNc2nsc3ccccc23)c1. The predicted octanol–water partition coefficient (Wildman–Crippen LogP) is 6.58. The van der Waals surface area contributed by atoms with E-state index in [-0.39, 0.29) is 0 Å². The van der Waals surface area contributed by atoms with Crippen molar-refractivity contribution >= 4 is 27.4 Å². The summed E-state index contributed by atoms with van der Waals surface area (Å²) in [4.78, 5) is 2.58. The summed E-state index contributed by atoms with van der Waals surface area (Å²) < 4.78 is 11.8. The third kappa shape index (κ3) is 6.99. The Labute approximate surface area is 185 Å². The molecule has 1 aromatic heterocycles. The third-order valence-corrected chi connectivity index (χ3v) is 6.05. The number of fused-ring (bicyclic) bond motifs is 1. The molecule has 0 saturated heterocycles. The molecule has 0 atom stereocenters. The van der Waals surface area contributed by atoms with E-state index in [1.807, 2.05) is 0 Å². The summed E-state index contributed by atoms with van der Waals surface area (Å²) in [5.41, 5.74) is 1.34. The number of hydrogen-bond acceptors (Lipinski definition) is 5. The molecule has 0 bridgehead atoms. The van der Waals surface area contributed by atoms with E-state index in [9.17, 15) is 0 Å². The number of rotatable bonds is 14. The fourth-order valence-electron chi connectivity index (χ4n) is 3.51. The van der Waals surface area contributed by atoms with Gasteiger partial charge in [-0.3, -0.25) is 4.90 Å². The number of hydrogen-bond donors (Lipinski definition) is 1. The number of nitrogens with one attached hydrogen (secondary N) is 1. The molecular formula is C25H35N3OS. The maximum Gasteiger partial charge on any atom is 0.147 e. The van der Waals surface area contributed by atoms with E-state index < -0.39 is 0 Å². The van der Waals surface area contributed by atoms with Gasteiger partial charge in [0.1, 0.15) is 11.6 Å². The fourth-order valence-corrected chi connectivity index (χ4v) is 4.26. The van der Waals surface area contributed by atoms with Gasteiger partial charge in [0.25, 0.3) is 0 Å². The van der Waals surface area contributed by atoms with Gasteiger partial charge in [-0.05, 0) is 73.7 Å². The number of unbranched alkanes of at least 4 members (excludes halogenated alkanes) is 2. The summed E-state index contributed by atoms with van der Waals surface area (Å²) in [6.45, 7) is 9.45.